The van der Waals surface area contributed by atoms with Crippen molar-refractivity contribution in [3.05, 3.63) is 65.6 Å². The molecule has 2 nitrogen and oxygen atoms in total. The van der Waals surface area contributed by atoms with E-state index >= 15 is 0 Å². The molecule has 0 unspecified atom stereocenters. The van der Waals surface area contributed by atoms with Crippen molar-refractivity contribution in [1.82, 2.24) is 4.57 Å². The Morgan fingerprint density at radius 1 is 1.09 bits per heavy atom. The molecule has 0 radical (unpaired) electrons. The summed E-state index contributed by atoms with van der Waals surface area (Å²) in [6.45, 7) is 3.56. The maximum atomic E-state index is 13.1. The molecular weight excluding hydrogens is 295 g/mol. The van der Waals surface area contributed by atoms with Gasteiger partial charge in [-0.15, -0.1) is 11.8 Å². The van der Waals surface area contributed by atoms with Crippen molar-refractivity contribution in [2.45, 2.75) is 18.4 Å². The van der Waals surface area contributed by atoms with Gasteiger partial charge in [-0.2, -0.15) is 0 Å². The van der Waals surface area contributed by atoms with Crippen LogP contribution < -0.4 is 5.73 Å². The summed E-state index contributed by atoms with van der Waals surface area (Å²) in [5.74, 6) is 0.711. The zero-order valence-corrected chi connectivity index (χ0v) is 13.4. The van der Waals surface area contributed by atoms with Gasteiger partial charge in [-0.1, -0.05) is 30.3 Å². The highest BCUT2D eigenvalue weighted by molar-refractivity contribution is 7.99. The van der Waals surface area contributed by atoms with Crippen molar-refractivity contribution < 1.29 is 4.39 Å². The largest absolute Gasteiger partial charge is 0.339 e. The van der Waals surface area contributed by atoms with Gasteiger partial charge in [0, 0.05) is 40.3 Å². The van der Waals surface area contributed by atoms with Crippen LogP contribution in [0.3, 0.4) is 0 Å². The van der Waals surface area contributed by atoms with Crippen molar-refractivity contribution in [1.29, 1.82) is 0 Å². The Hall–Kier alpha value is -1.78. The molecule has 22 heavy (non-hydrogen) atoms. The normalized spacial score (nSPS) is 11.2. The molecule has 1 aromatic heterocycles. The van der Waals surface area contributed by atoms with Gasteiger partial charge < -0.3 is 10.3 Å². The van der Waals surface area contributed by atoms with Crippen molar-refractivity contribution >= 4 is 22.7 Å². The first-order chi connectivity index (χ1) is 10.7. The summed E-state index contributed by atoms with van der Waals surface area (Å²) in [7, 11) is 0. The Labute approximate surface area is 134 Å². The Balaban J connectivity index is 2.04. The third-order valence-electron chi connectivity index (χ3n) is 3.79. The minimum Gasteiger partial charge on any atom is -0.339 e. The highest BCUT2D eigenvalue weighted by Gasteiger charge is 2.14. The lowest BCUT2D eigenvalue weighted by atomic mass is 10.2. The molecule has 2 aromatic carbocycles. The average Bonchev–Trinajstić information content (AvgIpc) is 2.80. The molecular formula is C18H19FN2S. The van der Waals surface area contributed by atoms with Gasteiger partial charge in [0.1, 0.15) is 5.82 Å². The summed E-state index contributed by atoms with van der Waals surface area (Å²) in [5, 5.41) is 1.26. The fourth-order valence-electron chi connectivity index (χ4n) is 2.72. The smallest absolute Gasteiger partial charge is 0.123 e. The van der Waals surface area contributed by atoms with E-state index in [2.05, 4.69) is 35.8 Å². The monoisotopic (exact) mass is 314 g/mol. The topological polar surface area (TPSA) is 30.9 Å². The Kier molecular flexibility index (Phi) is 4.50. The predicted molar refractivity (Wildman–Crippen MR) is 92.0 cm³/mol. The molecule has 0 aliphatic rings. The summed E-state index contributed by atoms with van der Waals surface area (Å²) in [6.07, 6.45) is 0. The molecule has 0 atom stereocenters. The molecule has 0 saturated carbocycles. The number of hydrogen-bond acceptors (Lipinski definition) is 2. The minimum absolute atomic E-state index is 0.197. The first-order valence-corrected chi connectivity index (χ1v) is 8.34. The molecule has 3 aromatic rings. The highest BCUT2D eigenvalue weighted by atomic mass is 32.2. The number of rotatable bonds is 5. The SMILES string of the molecule is Cc1c(SCCN)c2ccccc2n1Cc1ccc(F)cc1. The fraction of sp³-hybridized carbons (Fsp3) is 0.222. The molecule has 0 spiro atoms. The third kappa shape index (κ3) is 2.89. The van der Waals surface area contributed by atoms with Crippen molar-refractivity contribution in [3.63, 3.8) is 0 Å². The van der Waals surface area contributed by atoms with E-state index in [1.54, 1.807) is 11.8 Å². The van der Waals surface area contributed by atoms with E-state index in [0.29, 0.717) is 6.54 Å². The van der Waals surface area contributed by atoms with Gasteiger partial charge in [0.2, 0.25) is 0 Å². The van der Waals surface area contributed by atoms with Crippen molar-refractivity contribution in [2.75, 3.05) is 12.3 Å². The molecule has 1 heterocycles. The molecule has 2 N–H and O–H groups in total. The van der Waals surface area contributed by atoms with Gasteiger partial charge >= 0.3 is 0 Å². The minimum atomic E-state index is -0.197. The summed E-state index contributed by atoms with van der Waals surface area (Å²) in [5.41, 5.74) is 9.20. The first-order valence-electron chi connectivity index (χ1n) is 7.36. The number of benzene rings is 2. The van der Waals surface area contributed by atoms with E-state index in [9.17, 15) is 4.39 Å². The van der Waals surface area contributed by atoms with Crippen LogP contribution in [-0.2, 0) is 6.54 Å². The molecule has 0 fully saturated rings. The number of aromatic nitrogens is 1. The first kappa shape index (κ1) is 15.1. The molecule has 114 valence electrons. The number of hydrogen-bond donors (Lipinski definition) is 1. The molecule has 0 amide bonds. The standard InChI is InChI=1S/C18H19FN2S/c1-13-18(22-11-10-20)16-4-2-3-5-17(16)21(13)12-14-6-8-15(19)9-7-14/h2-9H,10-12,20H2,1H3. The maximum Gasteiger partial charge on any atom is 0.123 e. The van der Waals surface area contributed by atoms with Crippen LogP contribution in [0.15, 0.2) is 53.4 Å². The Morgan fingerprint density at radius 3 is 2.55 bits per heavy atom. The van der Waals surface area contributed by atoms with Crippen LogP contribution in [0.2, 0.25) is 0 Å². The number of nitrogens with two attached hydrogens (primary N) is 1. The van der Waals surface area contributed by atoms with Gasteiger partial charge in [-0.05, 0) is 30.7 Å². The molecule has 0 aliphatic carbocycles. The van der Waals surface area contributed by atoms with Crippen LogP contribution in [0.1, 0.15) is 11.3 Å². The van der Waals surface area contributed by atoms with Gasteiger partial charge in [0.05, 0.1) is 0 Å². The van der Waals surface area contributed by atoms with E-state index in [1.165, 1.54) is 33.6 Å². The van der Waals surface area contributed by atoms with Crippen LogP contribution in [0, 0.1) is 12.7 Å². The highest BCUT2D eigenvalue weighted by Crippen LogP contribution is 2.34. The van der Waals surface area contributed by atoms with Crippen LogP contribution >= 0.6 is 11.8 Å². The van der Waals surface area contributed by atoms with E-state index in [-0.39, 0.29) is 5.82 Å². The lowest BCUT2D eigenvalue weighted by Crippen LogP contribution is -2.03. The maximum absolute atomic E-state index is 13.1. The van der Waals surface area contributed by atoms with Crippen LogP contribution in [0.25, 0.3) is 10.9 Å². The molecule has 0 bridgehead atoms. The lowest BCUT2D eigenvalue weighted by molar-refractivity contribution is 0.626. The molecule has 3 rings (SSSR count). The second-order valence-corrected chi connectivity index (χ2v) is 6.39. The van der Waals surface area contributed by atoms with E-state index in [4.69, 9.17) is 5.73 Å². The van der Waals surface area contributed by atoms with Crippen LogP contribution in [0.5, 0.6) is 0 Å². The number of halogens is 1. The molecule has 0 saturated heterocycles. The van der Waals surface area contributed by atoms with Crippen molar-refractivity contribution in [3.8, 4) is 0 Å². The molecule has 4 heteroatoms. The summed E-state index contributed by atoms with van der Waals surface area (Å²) < 4.78 is 15.4. The second kappa shape index (κ2) is 6.55. The summed E-state index contributed by atoms with van der Waals surface area (Å²) in [6, 6.07) is 15.1. The van der Waals surface area contributed by atoms with Crippen LogP contribution in [0.4, 0.5) is 4.39 Å². The molecule has 0 aliphatic heterocycles. The number of thioether (sulfide) groups is 1. The van der Waals surface area contributed by atoms with Gasteiger partial charge in [0.15, 0.2) is 0 Å². The fourth-order valence-corrected chi connectivity index (χ4v) is 3.69. The quantitative estimate of drug-likeness (QED) is 0.716. The number of para-hydroxylation sites is 1. The van der Waals surface area contributed by atoms with E-state index in [0.717, 1.165) is 17.9 Å². The summed E-state index contributed by atoms with van der Waals surface area (Å²) >= 11 is 1.80. The predicted octanol–water partition coefficient (Wildman–Crippen LogP) is 4.19. The lowest BCUT2D eigenvalue weighted by Gasteiger charge is -2.09. The zero-order valence-electron chi connectivity index (χ0n) is 12.6. The van der Waals surface area contributed by atoms with Gasteiger partial charge in [0.25, 0.3) is 0 Å². The summed E-state index contributed by atoms with van der Waals surface area (Å²) in [4.78, 5) is 1.29. The zero-order chi connectivity index (χ0) is 15.5. The number of fused-ring (bicyclic) bond motifs is 1. The second-order valence-electron chi connectivity index (χ2n) is 5.28. The van der Waals surface area contributed by atoms with Crippen molar-refractivity contribution in [2.24, 2.45) is 5.73 Å². The average molecular weight is 314 g/mol. The van der Waals surface area contributed by atoms with Gasteiger partial charge in [-0.3, -0.25) is 0 Å². The van der Waals surface area contributed by atoms with E-state index in [1.807, 2.05) is 12.1 Å². The third-order valence-corrected chi connectivity index (χ3v) is 5.03. The Bertz CT molecular complexity index is 778. The van der Waals surface area contributed by atoms with Crippen LogP contribution in [-0.4, -0.2) is 16.9 Å². The van der Waals surface area contributed by atoms with E-state index < -0.39 is 0 Å². The Morgan fingerprint density at radius 2 is 1.82 bits per heavy atom. The van der Waals surface area contributed by atoms with Gasteiger partial charge in [-0.25, -0.2) is 4.39 Å². The number of nitrogens with zero attached hydrogens (tertiary/aromatic N) is 1.